The normalized spacial score (nSPS) is 13.1. The van der Waals surface area contributed by atoms with E-state index in [-0.39, 0.29) is 5.41 Å². The quantitative estimate of drug-likeness (QED) is 0.177. The average Bonchev–Trinajstić information content (AvgIpc) is 3.72. The summed E-state index contributed by atoms with van der Waals surface area (Å²) in [6.07, 6.45) is 0. The molecule has 0 saturated carbocycles. The predicted octanol–water partition coefficient (Wildman–Crippen LogP) is 15.0. The Hall–Kier alpha value is -6.90. The molecule has 0 unspecified atom stereocenters. The van der Waals surface area contributed by atoms with Crippen LogP contribution in [-0.2, 0) is 5.41 Å². The van der Waals surface area contributed by atoms with Crippen LogP contribution < -0.4 is 4.90 Å². The lowest BCUT2D eigenvalue weighted by Gasteiger charge is -2.33. The first-order chi connectivity index (χ1) is 27.0. The molecule has 0 atom stereocenters. The van der Waals surface area contributed by atoms with Crippen LogP contribution in [0.5, 0.6) is 0 Å². The van der Waals surface area contributed by atoms with Gasteiger partial charge in [0, 0.05) is 33.0 Å². The first-order valence-corrected chi connectivity index (χ1v) is 19.1. The van der Waals surface area contributed by atoms with Crippen molar-refractivity contribution in [2.24, 2.45) is 0 Å². The van der Waals surface area contributed by atoms with Crippen LogP contribution >= 0.6 is 0 Å². The lowest BCUT2D eigenvalue weighted by atomic mass is 9.81. The Morgan fingerprint density at radius 2 is 1.00 bits per heavy atom. The predicted molar refractivity (Wildman–Crippen MR) is 232 cm³/mol. The van der Waals surface area contributed by atoms with Crippen LogP contribution in [0.3, 0.4) is 0 Å². The van der Waals surface area contributed by atoms with Gasteiger partial charge < -0.3 is 9.32 Å². The molecule has 10 aromatic rings. The lowest BCUT2D eigenvalue weighted by Crippen LogP contribution is -2.21. The van der Waals surface area contributed by atoms with Crippen molar-refractivity contribution >= 4 is 60.5 Å². The van der Waals surface area contributed by atoms with Gasteiger partial charge in [-0.2, -0.15) is 0 Å². The number of fused-ring (bicyclic) bond motifs is 8. The summed E-state index contributed by atoms with van der Waals surface area (Å²) in [6, 6.07) is 68.4. The second kappa shape index (κ2) is 12.1. The Bertz CT molecular complexity index is 3120. The SMILES string of the molecule is CC1(C)c2ccccc2-c2cccc(N(c3ccc(-c4cccc5ccccc45)cc3)c3ccccc3-c3cccc4c3oc3cc5ccccc5cc34)c21. The van der Waals surface area contributed by atoms with Crippen LogP contribution in [0.15, 0.2) is 192 Å². The van der Waals surface area contributed by atoms with E-state index in [2.05, 4.69) is 207 Å². The molecule has 2 nitrogen and oxygen atoms in total. The molecule has 0 aliphatic heterocycles. The Kier molecular flexibility index (Phi) is 6.93. The van der Waals surface area contributed by atoms with E-state index in [4.69, 9.17) is 4.42 Å². The second-order valence-corrected chi connectivity index (χ2v) is 15.3. The third-order valence-corrected chi connectivity index (χ3v) is 11.8. The van der Waals surface area contributed by atoms with E-state index in [9.17, 15) is 0 Å². The number of anilines is 3. The Balaban J connectivity index is 1.15. The number of hydrogen-bond acceptors (Lipinski definition) is 2. The Morgan fingerprint density at radius 3 is 1.85 bits per heavy atom. The highest BCUT2D eigenvalue weighted by atomic mass is 16.3. The van der Waals surface area contributed by atoms with Gasteiger partial charge >= 0.3 is 0 Å². The molecule has 0 radical (unpaired) electrons. The summed E-state index contributed by atoms with van der Waals surface area (Å²) in [5.41, 5.74) is 14.9. The summed E-state index contributed by atoms with van der Waals surface area (Å²) in [5, 5.41) is 7.14. The second-order valence-electron chi connectivity index (χ2n) is 15.3. The summed E-state index contributed by atoms with van der Waals surface area (Å²) in [5.74, 6) is 0. The van der Waals surface area contributed by atoms with E-state index in [1.165, 1.54) is 60.6 Å². The molecule has 260 valence electrons. The van der Waals surface area contributed by atoms with Crippen molar-refractivity contribution in [3.63, 3.8) is 0 Å². The van der Waals surface area contributed by atoms with E-state index >= 15 is 0 Å². The number of benzene rings is 9. The molecule has 11 rings (SSSR count). The van der Waals surface area contributed by atoms with E-state index < -0.39 is 0 Å². The summed E-state index contributed by atoms with van der Waals surface area (Å²) in [4.78, 5) is 2.48. The molecule has 0 bridgehead atoms. The minimum Gasteiger partial charge on any atom is -0.455 e. The van der Waals surface area contributed by atoms with E-state index in [1.807, 2.05) is 0 Å². The van der Waals surface area contributed by atoms with Crippen LogP contribution in [0, 0.1) is 0 Å². The molecule has 1 aliphatic rings. The number of para-hydroxylation sites is 2. The molecule has 9 aromatic carbocycles. The largest absolute Gasteiger partial charge is 0.455 e. The number of rotatable bonds is 5. The van der Waals surface area contributed by atoms with Gasteiger partial charge in [-0.15, -0.1) is 0 Å². The standard InChI is InChI=1S/C53H37NO/c1-53(2)47-25-9-7-19-41(47)43-22-13-27-49(51(43)53)54(38-30-28-35(29-31-38)40-21-11-17-34-14-5-6-18-39(34)40)48-26-10-8-20-42(48)44-23-12-24-45-46-32-36-15-3-4-16-37(36)33-50(46)55-52(44)45/h3-33H,1-2H3. The Morgan fingerprint density at radius 1 is 0.418 bits per heavy atom. The van der Waals surface area contributed by atoms with Crippen molar-refractivity contribution in [2.75, 3.05) is 4.90 Å². The zero-order valence-electron chi connectivity index (χ0n) is 30.8. The molecule has 0 saturated heterocycles. The van der Waals surface area contributed by atoms with Gasteiger partial charge in [0.15, 0.2) is 0 Å². The minimum atomic E-state index is -0.209. The molecule has 1 aliphatic carbocycles. The summed E-state index contributed by atoms with van der Waals surface area (Å²) in [6.45, 7) is 4.74. The molecular formula is C53H37NO. The molecule has 1 heterocycles. The molecule has 0 amide bonds. The van der Waals surface area contributed by atoms with E-state index in [0.29, 0.717) is 0 Å². The smallest absolute Gasteiger partial charge is 0.143 e. The fourth-order valence-corrected chi connectivity index (χ4v) is 9.27. The number of hydrogen-bond donors (Lipinski definition) is 0. The van der Waals surface area contributed by atoms with Crippen LogP contribution in [-0.4, -0.2) is 0 Å². The van der Waals surface area contributed by atoms with Gasteiger partial charge in [-0.1, -0.05) is 166 Å². The first kappa shape index (κ1) is 31.6. The van der Waals surface area contributed by atoms with Crippen molar-refractivity contribution in [2.45, 2.75) is 19.3 Å². The van der Waals surface area contributed by atoms with Gasteiger partial charge in [-0.3, -0.25) is 0 Å². The lowest BCUT2D eigenvalue weighted by molar-refractivity contribution is 0.660. The zero-order chi connectivity index (χ0) is 36.7. The average molecular weight is 704 g/mol. The molecular weight excluding hydrogens is 667 g/mol. The van der Waals surface area contributed by atoms with Gasteiger partial charge in [0.1, 0.15) is 11.2 Å². The molecule has 2 heteroatoms. The maximum atomic E-state index is 6.82. The number of nitrogens with zero attached hydrogens (tertiary/aromatic N) is 1. The van der Waals surface area contributed by atoms with Crippen LogP contribution in [0.4, 0.5) is 17.1 Å². The van der Waals surface area contributed by atoms with Gasteiger partial charge in [-0.25, -0.2) is 0 Å². The highest BCUT2D eigenvalue weighted by Gasteiger charge is 2.39. The van der Waals surface area contributed by atoms with Crippen molar-refractivity contribution in [3.8, 4) is 33.4 Å². The molecule has 1 aromatic heterocycles. The fraction of sp³-hybridized carbons (Fsp3) is 0.0566. The van der Waals surface area contributed by atoms with Crippen molar-refractivity contribution in [1.82, 2.24) is 0 Å². The van der Waals surface area contributed by atoms with E-state index in [0.717, 1.165) is 44.4 Å². The van der Waals surface area contributed by atoms with Crippen LogP contribution in [0.2, 0.25) is 0 Å². The summed E-state index contributed by atoms with van der Waals surface area (Å²) in [7, 11) is 0. The maximum Gasteiger partial charge on any atom is 0.143 e. The first-order valence-electron chi connectivity index (χ1n) is 19.1. The van der Waals surface area contributed by atoms with Gasteiger partial charge in [-0.05, 0) is 91.3 Å². The zero-order valence-corrected chi connectivity index (χ0v) is 30.8. The summed E-state index contributed by atoms with van der Waals surface area (Å²) < 4.78 is 6.82. The molecule has 0 spiro atoms. The van der Waals surface area contributed by atoms with Crippen molar-refractivity contribution < 1.29 is 4.42 Å². The van der Waals surface area contributed by atoms with Crippen LogP contribution in [0.1, 0.15) is 25.0 Å². The third-order valence-electron chi connectivity index (χ3n) is 11.8. The van der Waals surface area contributed by atoms with Gasteiger partial charge in [0.2, 0.25) is 0 Å². The summed E-state index contributed by atoms with van der Waals surface area (Å²) >= 11 is 0. The molecule has 55 heavy (non-hydrogen) atoms. The maximum absolute atomic E-state index is 6.82. The molecule has 0 fully saturated rings. The highest BCUT2D eigenvalue weighted by molar-refractivity contribution is 6.14. The third kappa shape index (κ3) is 4.81. The highest BCUT2D eigenvalue weighted by Crippen LogP contribution is 2.55. The Labute approximate surface area is 320 Å². The molecule has 0 N–H and O–H groups in total. The minimum absolute atomic E-state index is 0.209. The van der Waals surface area contributed by atoms with Gasteiger partial charge in [0.05, 0.1) is 11.4 Å². The van der Waals surface area contributed by atoms with E-state index in [1.54, 1.807) is 0 Å². The fourth-order valence-electron chi connectivity index (χ4n) is 9.27. The van der Waals surface area contributed by atoms with Crippen molar-refractivity contribution in [3.05, 3.63) is 199 Å². The van der Waals surface area contributed by atoms with Crippen LogP contribution in [0.25, 0.3) is 76.9 Å². The number of furan rings is 1. The topological polar surface area (TPSA) is 16.4 Å². The monoisotopic (exact) mass is 703 g/mol. The van der Waals surface area contributed by atoms with Crippen molar-refractivity contribution in [1.29, 1.82) is 0 Å². The van der Waals surface area contributed by atoms with Gasteiger partial charge in [0.25, 0.3) is 0 Å².